The van der Waals surface area contributed by atoms with Crippen molar-refractivity contribution < 1.29 is 0 Å². The molecular weight excluding hydrogens is 218 g/mol. The van der Waals surface area contributed by atoms with E-state index >= 15 is 0 Å². The fraction of sp³-hybridized carbons (Fsp3) is 0.214. The van der Waals surface area contributed by atoms with Gasteiger partial charge in [0.25, 0.3) is 0 Å². The van der Waals surface area contributed by atoms with Crippen molar-refractivity contribution in [1.82, 2.24) is 4.98 Å². The second-order valence-electron chi connectivity index (χ2n) is 4.07. The summed E-state index contributed by atoms with van der Waals surface area (Å²) in [5.41, 5.74) is 5.98. The number of hydrogen-bond acceptors (Lipinski definition) is 1. The van der Waals surface area contributed by atoms with E-state index in [-0.39, 0.29) is 0 Å². The molecule has 2 aromatic rings. The van der Waals surface area contributed by atoms with E-state index in [0.29, 0.717) is 5.15 Å². The lowest BCUT2D eigenvalue weighted by molar-refractivity contribution is 1.27. The van der Waals surface area contributed by atoms with E-state index in [1.54, 1.807) is 6.07 Å². The van der Waals surface area contributed by atoms with Gasteiger partial charge in [0.2, 0.25) is 0 Å². The first-order chi connectivity index (χ1) is 7.58. The number of aryl methyl sites for hydroxylation is 3. The van der Waals surface area contributed by atoms with Crippen LogP contribution in [0.1, 0.15) is 16.7 Å². The van der Waals surface area contributed by atoms with E-state index in [1.165, 1.54) is 22.3 Å². The highest BCUT2D eigenvalue weighted by atomic mass is 35.5. The summed E-state index contributed by atoms with van der Waals surface area (Å²) < 4.78 is 0. The summed E-state index contributed by atoms with van der Waals surface area (Å²) in [6.45, 7) is 6.32. The highest BCUT2D eigenvalue weighted by molar-refractivity contribution is 6.29. The van der Waals surface area contributed by atoms with Crippen LogP contribution in [-0.2, 0) is 0 Å². The van der Waals surface area contributed by atoms with E-state index in [1.807, 2.05) is 6.07 Å². The molecule has 1 radical (unpaired) electrons. The molecule has 0 bridgehead atoms. The molecule has 0 aliphatic rings. The topological polar surface area (TPSA) is 12.9 Å². The highest BCUT2D eigenvalue weighted by Gasteiger charge is 2.07. The van der Waals surface area contributed by atoms with Gasteiger partial charge in [-0.3, -0.25) is 0 Å². The van der Waals surface area contributed by atoms with Gasteiger partial charge < -0.3 is 0 Å². The molecule has 1 aromatic heterocycles. The predicted octanol–water partition coefficient (Wildman–Crippen LogP) is 4.13. The van der Waals surface area contributed by atoms with Gasteiger partial charge >= 0.3 is 0 Å². The molecule has 0 aliphatic heterocycles. The average molecular weight is 231 g/mol. The lowest BCUT2D eigenvalue weighted by Crippen LogP contribution is -1.91. The Morgan fingerprint density at radius 2 is 1.69 bits per heavy atom. The lowest BCUT2D eigenvalue weighted by atomic mass is 9.95. The zero-order valence-corrected chi connectivity index (χ0v) is 10.4. The van der Waals surface area contributed by atoms with Gasteiger partial charge in [-0.25, -0.2) is 4.98 Å². The van der Waals surface area contributed by atoms with E-state index in [4.69, 9.17) is 11.6 Å². The monoisotopic (exact) mass is 230 g/mol. The molecule has 1 nitrogen and oxygen atoms in total. The van der Waals surface area contributed by atoms with Crippen LogP contribution in [0, 0.1) is 27.0 Å². The smallest absolute Gasteiger partial charge is 0.129 e. The fourth-order valence-electron chi connectivity index (χ4n) is 2.08. The maximum absolute atomic E-state index is 5.76. The summed E-state index contributed by atoms with van der Waals surface area (Å²) in [5, 5.41) is 0.478. The number of halogens is 1. The Balaban J connectivity index is 2.60. The second-order valence-corrected chi connectivity index (χ2v) is 4.45. The SMILES string of the molecule is Cc1cc(C)c(-c2[c]nc(Cl)cc2)c(C)c1. The molecule has 0 amide bonds. The molecular formula is C14H13ClN. The molecule has 0 spiro atoms. The average Bonchev–Trinajstić information content (AvgIpc) is 2.19. The van der Waals surface area contributed by atoms with Gasteiger partial charge in [0.1, 0.15) is 5.15 Å². The van der Waals surface area contributed by atoms with Crippen LogP contribution in [0.5, 0.6) is 0 Å². The Hall–Kier alpha value is -1.34. The van der Waals surface area contributed by atoms with Crippen LogP contribution in [0.2, 0.25) is 5.15 Å². The van der Waals surface area contributed by atoms with Crippen LogP contribution in [-0.4, -0.2) is 4.98 Å². The van der Waals surface area contributed by atoms with E-state index in [9.17, 15) is 0 Å². The van der Waals surface area contributed by atoms with Crippen LogP contribution in [0.3, 0.4) is 0 Å². The summed E-state index contributed by atoms with van der Waals surface area (Å²) in [5.74, 6) is 0. The van der Waals surface area contributed by atoms with Crippen LogP contribution in [0.4, 0.5) is 0 Å². The van der Waals surface area contributed by atoms with Crippen LogP contribution in [0.15, 0.2) is 24.3 Å². The molecule has 16 heavy (non-hydrogen) atoms. The van der Waals surface area contributed by atoms with Crippen molar-refractivity contribution in [2.45, 2.75) is 20.8 Å². The number of nitrogens with zero attached hydrogens (tertiary/aromatic N) is 1. The Labute approximate surface area is 101 Å². The van der Waals surface area contributed by atoms with E-state index in [2.05, 4.69) is 44.1 Å². The third kappa shape index (κ3) is 2.10. The predicted molar refractivity (Wildman–Crippen MR) is 67.7 cm³/mol. The van der Waals surface area contributed by atoms with Gasteiger partial charge in [0.15, 0.2) is 0 Å². The minimum atomic E-state index is 0.478. The van der Waals surface area contributed by atoms with Crippen LogP contribution in [0.25, 0.3) is 11.1 Å². The number of hydrogen-bond donors (Lipinski definition) is 0. The van der Waals surface area contributed by atoms with Gasteiger partial charge in [-0.1, -0.05) is 29.3 Å². The molecule has 0 atom stereocenters. The molecule has 0 unspecified atom stereocenters. The zero-order valence-electron chi connectivity index (χ0n) is 9.63. The first-order valence-electron chi connectivity index (χ1n) is 5.20. The maximum Gasteiger partial charge on any atom is 0.129 e. The normalized spacial score (nSPS) is 10.5. The number of benzene rings is 1. The molecule has 0 fully saturated rings. The van der Waals surface area contributed by atoms with Gasteiger partial charge in [0, 0.05) is 5.56 Å². The fourth-order valence-corrected chi connectivity index (χ4v) is 2.19. The number of rotatable bonds is 1. The summed E-state index contributed by atoms with van der Waals surface area (Å²) in [6, 6.07) is 8.10. The van der Waals surface area contributed by atoms with Crippen molar-refractivity contribution in [3.63, 3.8) is 0 Å². The van der Waals surface area contributed by atoms with Gasteiger partial charge in [-0.2, -0.15) is 0 Å². The third-order valence-electron chi connectivity index (χ3n) is 2.62. The molecule has 1 aromatic carbocycles. The van der Waals surface area contributed by atoms with Crippen molar-refractivity contribution in [2.24, 2.45) is 0 Å². The number of pyridine rings is 1. The molecule has 0 N–H and O–H groups in total. The van der Waals surface area contributed by atoms with Crippen molar-refractivity contribution in [1.29, 1.82) is 0 Å². The minimum absolute atomic E-state index is 0.478. The highest BCUT2D eigenvalue weighted by Crippen LogP contribution is 2.27. The van der Waals surface area contributed by atoms with Gasteiger partial charge in [-0.15, -0.1) is 0 Å². The maximum atomic E-state index is 5.76. The van der Waals surface area contributed by atoms with Crippen LogP contribution >= 0.6 is 11.6 Å². The molecule has 2 rings (SSSR count). The van der Waals surface area contributed by atoms with Crippen molar-refractivity contribution in [3.05, 3.63) is 52.3 Å². The number of aromatic nitrogens is 1. The molecule has 0 aliphatic carbocycles. The first-order valence-corrected chi connectivity index (χ1v) is 5.58. The van der Waals surface area contributed by atoms with Crippen molar-refractivity contribution in [3.8, 4) is 11.1 Å². The lowest BCUT2D eigenvalue weighted by Gasteiger charge is -2.10. The van der Waals surface area contributed by atoms with E-state index < -0.39 is 0 Å². The Kier molecular flexibility index (Phi) is 2.97. The van der Waals surface area contributed by atoms with Crippen LogP contribution < -0.4 is 0 Å². The van der Waals surface area contributed by atoms with Crippen molar-refractivity contribution >= 4 is 11.6 Å². The summed E-state index contributed by atoms with van der Waals surface area (Å²) >= 11 is 5.76. The summed E-state index contributed by atoms with van der Waals surface area (Å²) in [6.07, 6.45) is 2.97. The molecule has 1 heterocycles. The second kappa shape index (κ2) is 4.26. The van der Waals surface area contributed by atoms with Gasteiger partial charge in [-0.05, 0) is 49.6 Å². The first kappa shape index (κ1) is 11.2. The minimum Gasteiger partial charge on any atom is -0.234 e. The quantitative estimate of drug-likeness (QED) is 0.672. The molecule has 2 heteroatoms. The Morgan fingerprint density at radius 1 is 1.06 bits per heavy atom. The van der Waals surface area contributed by atoms with Crippen molar-refractivity contribution in [2.75, 3.05) is 0 Å². The Morgan fingerprint density at radius 3 is 2.19 bits per heavy atom. The summed E-state index contributed by atoms with van der Waals surface area (Å²) in [7, 11) is 0. The third-order valence-corrected chi connectivity index (χ3v) is 2.83. The van der Waals surface area contributed by atoms with Gasteiger partial charge in [0.05, 0.1) is 6.20 Å². The Bertz CT molecular complexity index is 492. The standard InChI is InChI=1S/C14H13ClN/c1-9-6-10(2)14(11(3)7-9)12-4-5-13(15)16-8-12/h4-7H,1-3H3. The summed E-state index contributed by atoms with van der Waals surface area (Å²) in [4.78, 5) is 4.00. The van der Waals surface area contributed by atoms with E-state index in [0.717, 1.165) is 5.56 Å². The molecule has 0 saturated carbocycles. The largest absolute Gasteiger partial charge is 0.234 e. The molecule has 0 saturated heterocycles. The zero-order chi connectivity index (χ0) is 11.7. The molecule has 81 valence electrons.